The molecule has 1 heterocycles. The minimum Gasteiger partial charge on any atom is -0.387 e. The molecule has 0 amide bonds. The van der Waals surface area contributed by atoms with Gasteiger partial charge in [0.05, 0.1) is 12.6 Å². The third kappa shape index (κ3) is 5.16. The number of hydrogen-bond donors (Lipinski definition) is 1. The maximum atomic E-state index is 13.0. The number of aromatic nitrogens is 1. The molecule has 0 saturated heterocycles. The number of aliphatic hydroxyl groups is 1. The summed E-state index contributed by atoms with van der Waals surface area (Å²) >= 11 is 1.65. The first-order valence-electron chi connectivity index (χ1n) is 7.51. The minimum atomic E-state index is -0.625. The second kappa shape index (κ2) is 7.81. The van der Waals surface area contributed by atoms with E-state index in [1.54, 1.807) is 23.5 Å². The number of aliphatic hydroxyl groups excluding tert-OH is 1. The molecule has 2 aromatic rings. The Kier molecular flexibility index (Phi) is 6.06. The van der Waals surface area contributed by atoms with E-state index in [1.807, 2.05) is 12.3 Å². The molecule has 0 bridgehead atoms. The molecule has 1 atom stereocenters. The average molecular weight is 322 g/mol. The molecule has 5 heteroatoms. The number of hydrogen-bond acceptors (Lipinski definition) is 4. The number of benzene rings is 1. The summed E-state index contributed by atoms with van der Waals surface area (Å²) in [6.07, 6.45) is -0.625. The van der Waals surface area contributed by atoms with Crippen molar-refractivity contribution in [2.24, 2.45) is 5.92 Å². The van der Waals surface area contributed by atoms with Crippen molar-refractivity contribution in [2.45, 2.75) is 33.4 Å². The first-order valence-corrected chi connectivity index (χ1v) is 8.39. The molecule has 0 radical (unpaired) electrons. The van der Waals surface area contributed by atoms with Crippen LogP contribution in [0.3, 0.4) is 0 Å². The Morgan fingerprint density at radius 2 is 1.91 bits per heavy atom. The highest BCUT2D eigenvalue weighted by Gasteiger charge is 2.16. The van der Waals surface area contributed by atoms with Crippen molar-refractivity contribution in [3.8, 4) is 0 Å². The summed E-state index contributed by atoms with van der Waals surface area (Å²) in [5.74, 6) is 0.217. The molecule has 1 N–H and O–H groups in total. The van der Waals surface area contributed by atoms with Gasteiger partial charge in [-0.25, -0.2) is 9.37 Å². The van der Waals surface area contributed by atoms with Gasteiger partial charge >= 0.3 is 0 Å². The van der Waals surface area contributed by atoms with Gasteiger partial charge in [-0.2, -0.15) is 0 Å². The zero-order chi connectivity index (χ0) is 16.1. The van der Waals surface area contributed by atoms with Gasteiger partial charge in [-0.3, -0.25) is 4.90 Å². The lowest BCUT2D eigenvalue weighted by atomic mass is 10.1. The van der Waals surface area contributed by atoms with Crippen LogP contribution < -0.4 is 0 Å². The first kappa shape index (κ1) is 17.1. The lowest BCUT2D eigenvalue weighted by Gasteiger charge is -2.26. The van der Waals surface area contributed by atoms with E-state index in [2.05, 4.69) is 23.7 Å². The van der Waals surface area contributed by atoms with E-state index >= 15 is 0 Å². The summed E-state index contributed by atoms with van der Waals surface area (Å²) < 4.78 is 13.0. The quantitative estimate of drug-likeness (QED) is 0.843. The second-order valence-electron chi connectivity index (χ2n) is 6.04. The molecular weight excluding hydrogens is 299 g/mol. The predicted molar refractivity (Wildman–Crippen MR) is 88.3 cm³/mol. The van der Waals surface area contributed by atoms with E-state index in [1.165, 1.54) is 12.1 Å². The maximum Gasteiger partial charge on any atom is 0.123 e. The number of aryl methyl sites for hydroxylation is 1. The topological polar surface area (TPSA) is 36.4 Å². The second-order valence-corrected chi connectivity index (χ2v) is 6.98. The van der Waals surface area contributed by atoms with Crippen LogP contribution in [0.2, 0.25) is 0 Å². The summed E-state index contributed by atoms with van der Waals surface area (Å²) in [6, 6.07) is 6.05. The van der Waals surface area contributed by atoms with Gasteiger partial charge in [0.2, 0.25) is 0 Å². The molecule has 2 rings (SSSR count). The van der Waals surface area contributed by atoms with Gasteiger partial charge < -0.3 is 5.11 Å². The average Bonchev–Trinajstić information content (AvgIpc) is 2.84. The van der Waals surface area contributed by atoms with E-state index in [4.69, 9.17) is 0 Å². The highest BCUT2D eigenvalue weighted by atomic mass is 32.1. The Labute approximate surface area is 135 Å². The van der Waals surface area contributed by atoms with Crippen LogP contribution in [0.25, 0.3) is 0 Å². The summed E-state index contributed by atoms with van der Waals surface area (Å²) in [6.45, 7) is 8.43. The molecule has 1 aromatic carbocycles. The van der Waals surface area contributed by atoms with Crippen LogP contribution in [0.15, 0.2) is 29.6 Å². The van der Waals surface area contributed by atoms with Crippen molar-refractivity contribution in [1.29, 1.82) is 0 Å². The van der Waals surface area contributed by atoms with Crippen molar-refractivity contribution in [3.05, 3.63) is 51.7 Å². The smallest absolute Gasteiger partial charge is 0.123 e. The van der Waals surface area contributed by atoms with Crippen molar-refractivity contribution in [2.75, 3.05) is 13.1 Å². The molecule has 1 unspecified atom stereocenters. The fraction of sp³-hybridized carbons (Fsp3) is 0.471. The van der Waals surface area contributed by atoms with Crippen molar-refractivity contribution >= 4 is 11.3 Å². The molecule has 0 fully saturated rings. The monoisotopic (exact) mass is 322 g/mol. The van der Waals surface area contributed by atoms with Crippen LogP contribution in [0.1, 0.15) is 36.2 Å². The molecule has 0 aliphatic heterocycles. The van der Waals surface area contributed by atoms with Crippen LogP contribution >= 0.6 is 11.3 Å². The Hall–Kier alpha value is -1.30. The summed E-state index contributed by atoms with van der Waals surface area (Å²) in [7, 11) is 0. The number of thiazole rings is 1. The third-order valence-corrected chi connectivity index (χ3v) is 4.29. The fourth-order valence-corrected chi connectivity index (χ4v) is 3.23. The summed E-state index contributed by atoms with van der Waals surface area (Å²) in [5.41, 5.74) is 1.77. The molecule has 0 aliphatic carbocycles. The van der Waals surface area contributed by atoms with E-state index in [0.29, 0.717) is 12.5 Å². The Morgan fingerprint density at radius 3 is 2.45 bits per heavy atom. The molecule has 0 aliphatic rings. The van der Waals surface area contributed by atoms with Gasteiger partial charge in [0.15, 0.2) is 0 Å². The van der Waals surface area contributed by atoms with Gasteiger partial charge in [0, 0.05) is 24.2 Å². The van der Waals surface area contributed by atoms with Gasteiger partial charge in [0.25, 0.3) is 0 Å². The van der Waals surface area contributed by atoms with Gasteiger partial charge in [-0.1, -0.05) is 26.0 Å². The van der Waals surface area contributed by atoms with Gasteiger partial charge in [-0.15, -0.1) is 11.3 Å². The highest BCUT2D eigenvalue weighted by molar-refractivity contribution is 7.09. The largest absolute Gasteiger partial charge is 0.387 e. The number of nitrogens with zero attached hydrogens (tertiary/aromatic N) is 2. The van der Waals surface area contributed by atoms with Crippen molar-refractivity contribution < 1.29 is 9.50 Å². The lowest BCUT2D eigenvalue weighted by molar-refractivity contribution is 0.102. The van der Waals surface area contributed by atoms with Crippen LogP contribution in [0, 0.1) is 18.7 Å². The van der Waals surface area contributed by atoms with E-state index in [0.717, 1.165) is 29.4 Å². The molecule has 120 valence electrons. The molecular formula is C17H23FN2OS. The molecule has 0 spiro atoms. The SMILES string of the molecule is Cc1csc(CN(CC(C)C)CC(O)c2ccc(F)cc2)n1. The first-order chi connectivity index (χ1) is 10.4. The summed E-state index contributed by atoms with van der Waals surface area (Å²) in [5, 5.41) is 13.5. The normalized spacial score (nSPS) is 13.0. The highest BCUT2D eigenvalue weighted by Crippen LogP contribution is 2.19. The zero-order valence-electron chi connectivity index (χ0n) is 13.3. The zero-order valence-corrected chi connectivity index (χ0v) is 14.1. The molecule has 22 heavy (non-hydrogen) atoms. The Bertz CT molecular complexity index is 583. The van der Waals surface area contributed by atoms with E-state index in [9.17, 15) is 9.50 Å². The third-order valence-electron chi connectivity index (χ3n) is 3.33. The fourth-order valence-electron chi connectivity index (χ4n) is 2.42. The molecule has 0 saturated carbocycles. The standard InChI is InChI=1S/C17H23FN2OS/c1-12(2)8-20(10-17-19-13(3)11-22-17)9-16(21)14-4-6-15(18)7-5-14/h4-7,11-12,16,21H,8-10H2,1-3H3. The van der Waals surface area contributed by atoms with Crippen LogP contribution in [-0.4, -0.2) is 28.1 Å². The number of halogens is 1. The number of rotatable bonds is 7. The predicted octanol–water partition coefficient (Wildman–Crippen LogP) is 3.78. The lowest BCUT2D eigenvalue weighted by Crippen LogP contribution is -2.31. The van der Waals surface area contributed by atoms with Gasteiger partial charge in [-0.05, 0) is 30.5 Å². The Balaban J connectivity index is 2.03. The van der Waals surface area contributed by atoms with E-state index < -0.39 is 6.10 Å². The summed E-state index contributed by atoms with van der Waals surface area (Å²) in [4.78, 5) is 6.70. The van der Waals surface area contributed by atoms with Crippen LogP contribution in [-0.2, 0) is 6.54 Å². The molecule has 3 nitrogen and oxygen atoms in total. The molecule has 1 aromatic heterocycles. The maximum absolute atomic E-state index is 13.0. The minimum absolute atomic E-state index is 0.284. The van der Waals surface area contributed by atoms with Crippen molar-refractivity contribution in [1.82, 2.24) is 9.88 Å². The van der Waals surface area contributed by atoms with E-state index in [-0.39, 0.29) is 5.82 Å². The van der Waals surface area contributed by atoms with Crippen LogP contribution in [0.5, 0.6) is 0 Å². The van der Waals surface area contributed by atoms with Crippen LogP contribution in [0.4, 0.5) is 4.39 Å². The van der Waals surface area contributed by atoms with Gasteiger partial charge in [0.1, 0.15) is 10.8 Å². The Morgan fingerprint density at radius 1 is 1.23 bits per heavy atom. The van der Waals surface area contributed by atoms with Crippen molar-refractivity contribution in [3.63, 3.8) is 0 Å².